The first-order valence-corrected chi connectivity index (χ1v) is 13.0. The molecule has 1 aliphatic heterocycles. The van der Waals surface area contributed by atoms with E-state index in [0.717, 1.165) is 24.0 Å². The number of amides is 1. The van der Waals surface area contributed by atoms with Gasteiger partial charge in [-0.25, -0.2) is 4.79 Å². The van der Waals surface area contributed by atoms with Gasteiger partial charge in [0.05, 0.1) is 21.3 Å². The van der Waals surface area contributed by atoms with Crippen molar-refractivity contribution in [3.05, 3.63) is 53.6 Å². The lowest BCUT2D eigenvalue weighted by molar-refractivity contribution is -0.162. The molecule has 0 spiro atoms. The lowest BCUT2D eigenvalue weighted by atomic mass is 9.90. The molecule has 2 aromatic rings. The van der Waals surface area contributed by atoms with Crippen LogP contribution in [0, 0.1) is 5.41 Å². The predicted octanol–water partition coefficient (Wildman–Crippen LogP) is 5.75. The first-order chi connectivity index (χ1) is 17.7. The minimum Gasteiger partial charge on any atom is -0.493 e. The molecule has 0 saturated carbocycles. The molecule has 3 rings (SSSR count). The zero-order chi connectivity index (χ0) is 27.0. The Hall–Kier alpha value is -3.22. The molecule has 2 aromatic carbocycles. The topological polar surface area (TPSA) is 74.3 Å². The summed E-state index contributed by atoms with van der Waals surface area (Å²) in [6.07, 6.45) is 3.58. The number of piperidine rings is 1. The van der Waals surface area contributed by atoms with Crippen LogP contribution in [0.25, 0.3) is 0 Å². The van der Waals surface area contributed by atoms with Crippen LogP contribution < -0.4 is 14.2 Å². The Balaban J connectivity index is 1.80. The lowest BCUT2D eigenvalue weighted by Gasteiger charge is -2.36. The number of nitrogens with zero attached hydrogens (tertiary/aromatic N) is 1. The van der Waals surface area contributed by atoms with Crippen molar-refractivity contribution in [3.63, 3.8) is 0 Å². The predicted molar refractivity (Wildman–Crippen MR) is 143 cm³/mol. The summed E-state index contributed by atoms with van der Waals surface area (Å²) in [5.74, 6) is 1.39. The fourth-order valence-electron chi connectivity index (χ4n) is 4.79. The summed E-state index contributed by atoms with van der Waals surface area (Å²) in [5, 5.41) is 0. The number of aryl methyl sites for hydroxylation is 1. The smallest absolute Gasteiger partial charge is 0.329 e. The van der Waals surface area contributed by atoms with Crippen LogP contribution in [-0.4, -0.2) is 50.7 Å². The first kappa shape index (κ1) is 28.4. The summed E-state index contributed by atoms with van der Waals surface area (Å²) in [6.45, 7) is 6.71. The second-order valence-electron chi connectivity index (χ2n) is 10.7. The number of likely N-dealkylation sites (tertiary alicyclic amines) is 1. The standard InChI is InChI=1S/C30H41NO6/c1-30(2,3)20-27(32)31-17-11-10-14-23(31)29(33)37-24(22-12-8-7-9-13-22)16-15-21-18-25(34-4)28(36-6)26(19-21)35-5/h7-9,12-13,18-19,23-24H,10-11,14-17,20H2,1-6H3/t23?,24-/m1/s1. The molecule has 1 amide bonds. The molecule has 0 aromatic heterocycles. The van der Waals surface area contributed by atoms with E-state index in [0.29, 0.717) is 49.5 Å². The average molecular weight is 512 g/mol. The maximum atomic E-state index is 13.5. The van der Waals surface area contributed by atoms with E-state index in [9.17, 15) is 9.59 Å². The molecule has 1 unspecified atom stereocenters. The van der Waals surface area contributed by atoms with Gasteiger partial charge in [-0.1, -0.05) is 51.1 Å². The van der Waals surface area contributed by atoms with Crippen LogP contribution in [0.1, 0.15) is 70.1 Å². The van der Waals surface area contributed by atoms with Gasteiger partial charge in [-0.05, 0) is 60.8 Å². The number of carbonyl (C=O) groups is 2. The molecule has 7 nitrogen and oxygen atoms in total. The zero-order valence-electron chi connectivity index (χ0n) is 23.0. The quantitative estimate of drug-likeness (QED) is 0.378. The van der Waals surface area contributed by atoms with Gasteiger partial charge >= 0.3 is 5.97 Å². The van der Waals surface area contributed by atoms with E-state index in [4.69, 9.17) is 18.9 Å². The van der Waals surface area contributed by atoms with E-state index in [-0.39, 0.29) is 17.3 Å². The second kappa shape index (κ2) is 12.8. The Bertz CT molecular complexity index is 1020. The van der Waals surface area contributed by atoms with Crippen LogP contribution in [0.3, 0.4) is 0 Å². The van der Waals surface area contributed by atoms with E-state index in [2.05, 4.69) is 0 Å². The highest BCUT2D eigenvalue weighted by Crippen LogP contribution is 2.39. The Labute approximate surface area is 221 Å². The van der Waals surface area contributed by atoms with E-state index in [1.165, 1.54) is 0 Å². The number of benzene rings is 2. The molecule has 1 heterocycles. The van der Waals surface area contributed by atoms with Crippen molar-refractivity contribution >= 4 is 11.9 Å². The lowest BCUT2D eigenvalue weighted by Crippen LogP contribution is -2.49. The Kier molecular flexibility index (Phi) is 9.84. The van der Waals surface area contributed by atoms with Gasteiger partial charge in [-0.3, -0.25) is 4.79 Å². The minimum absolute atomic E-state index is 0.0165. The molecule has 202 valence electrons. The van der Waals surface area contributed by atoms with E-state index in [1.54, 1.807) is 26.2 Å². The molecule has 2 atom stereocenters. The normalized spacial score (nSPS) is 16.6. The fourth-order valence-corrected chi connectivity index (χ4v) is 4.79. The second-order valence-corrected chi connectivity index (χ2v) is 10.7. The van der Waals surface area contributed by atoms with Crippen molar-refractivity contribution in [1.29, 1.82) is 0 Å². The van der Waals surface area contributed by atoms with Crippen LogP contribution in [0.15, 0.2) is 42.5 Å². The van der Waals surface area contributed by atoms with Gasteiger partial charge in [-0.2, -0.15) is 0 Å². The van der Waals surface area contributed by atoms with Gasteiger partial charge in [0.15, 0.2) is 11.5 Å². The maximum absolute atomic E-state index is 13.5. The molecule has 1 saturated heterocycles. The van der Waals surface area contributed by atoms with Gasteiger partial charge in [0, 0.05) is 13.0 Å². The molecule has 37 heavy (non-hydrogen) atoms. The average Bonchev–Trinajstić information content (AvgIpc) is 2.89. The summed E-state index contributed by atoms with van der Waals surface area (Å²) in [5.41, 5.74) is 1.76. The molecule has 0 N–H and O–H groups in total. The van der Waals surface area contributed by atoms with Crippen molar-refractivity contribution in [2.45, 2.75) is 71.4 Å². The fraction of sp³-hybridized carbons (Fsp3) is 0.533. The molecule has 7 heteroatoms. The third-order valence-electron chi connectivity index (χ3n) is 6.63. The minimum atomic E-state index is -0.545. The van der Waals surface area contributed by atoms with Gasteiger partial charge in [0.25, 0.3) is 0 Å². The number of hydrogen-bond donors (Lipinski definition) is 0. The monoisotopic (exact) mass is 511 g/mol. The molecular formula is C30H41NO6. The first-order valence-electron chi connectivity index (χ1n) is 13.0. The summed E-state index contributed by atoms with van der Waals surface area (Å²) in [6, 6.07) is 13.0. The number of ether oxygens (including phenoxy) is 4. The van der Waals surface area contributed by atoms with Crippen LogP contribution in [0.2, 0.25) is 0 Å². The molecule has 0 aliphatic carbocycles. The summed E-state index contributed by atoms with van der Waals surface area (Å²) < 4.78 is 22.6. The Morgan fingerprint density at radius 1 is 0.973 bits per heavy atom. The Morgan fingerprint density at radius 2 is 1.62 bits per heavy atom. The van der Waals surface area contributed by atoms with Gasteiger partial charge in [0.2, 0.25) is 11.7 Å². The number of hydrogen-bond acceptors (Lipinski definition) is 6. The number of rotatable bonds is 10. The summed E-state index contributed by atoms with van der Waals surface area (Å²) >= 11 is 0. The van der Waals surface area contributed by atoms with Gasteiger partial charge < -0.3 is 23.8 Å². The summed E-state index contributed by atoms with van der Waals surface area (Å²) in [4.78, 5) is 28.3. The van der Waals surface area contributed by atoms with E-state index >= 15 is 0 Å². The number of methoxy groups -OCH3 is 3. The SMILES string of the molecule is COc1cc(CC[C@@H](OC(=O)C2CCCCN2C(=O)CC(C)(C)C)c2ccccc2)cc(OC)c1OC. The Morgan fingerprint density at radius 3 is 2.19 bits per heavy atom. The van der Waals surface area contributed by atoms with Crippen molar-refractivity contribution < 1.29 is 28.5 Å². The van der Waals surface area contributed by atoms with Crippen LogP contribution in [0.5, 0.6) is 17.2 Å². The third-order valence-corrected chi connectivity index (χ3v) is 6.63. The molecule has 1 aliphatic rings. The van der Waals surface area contributed by atoms with Crippen molar-refractivity contribution in [3.8, 4) is 17.2 Å². The molecule has 1 fully saturated rings. The van der Waals surface area contributed by atoms with Crippen LogP contribution >= 0.6 is 0 Å². The van der Waals surface area contributed by atoms with Gasteiger partial charge in [-0.15, -0.1) is 0 Å². The molecule has 0 bridgehead atoms. The number of esters is 1. The number of carbonyl (C=O) groups excluding carboxylic acids is 2. The van der Waals surface area contributed by atoms with Crippen LogP contribution in [0.4, 0.5) is 0 Å². The summed E-state index contributed by atoms with van der Waals surface area (Å²) in [7, 11) is 4.75. The third kappa shape index (κ3) is 7.63. The van der Waals surface area contributed by atoms with Crippen molar-refractivity contribution in [2.24, 2.45) is 5.41 Å². The van der Waals surface area contributed by atoms with Crippen molar-refractivity contribution in [2.75, 3.05) is 27.9 Å². The van der Waals surface area contributed by atoms with E-state index in [1.807, 2.05) is 63.2 Å². The molecular weight excluding hydrogens is 470 g/mol. The van der Waals surface area contributed by atoms with E-state index < -0.39 is 12.1 Å². The highest BCUT2D eigenvalue weighted by atomic mass is 16.5. The largest absolute Gasteiger partial charge is 0.493 e. The van der Waals surface area contributed by atoms with Gasteiger partial charge in [0.1, 0.15) is 12.1 Å². The van der Waals surface area contributed by atoms with Crippen molar-refractivity contribution in [1.82, 2.24) is 4.90 Å². The zero-order valence-corrected chi connectivity index (χ0v) is 23.0. The highest BCUT2D eigenvalue weighted by Gasteiger charge is 2.35. The van der Waals surface area contributed by atoms with Crippen LogP contribution in [-0.2, 0) is 20.7 Å². The maximum Gasteiger partial charge on any atom is 0.329 e. The highest BCUT2D eigenvalue weighted by molar-refractivity contribution is 5.85. The molecule has 0 radical (unpaired) electrons.